The molecule has 1 unspecified atom stereocenters. The van der Waals surface area contributed by atoms with Crippen LogP contribution >= 0.6 is 27.3 Å². The zero-order chi connectivity index (χ0) is 15.7. The minimum absolute atomic E-state index is 0.000689. The van der Waals surface area contributed by atoms with Crippen LogP contribution in [0.1, 0.15) is 28.3 Å². The van der Waals surface area contributed by atoms with Crippen LogP contribution in [0.25, 0.3) is 10.2 Å². The maximum atomic E-state index is 12.6. The number of halogens is 1. The highest BCUT2D eigenvalue weighted by molar-refractivity contribution is 9.10. The lowest BCUT2D eigenvalue weighted by atomic mass is 10.2. The summed E-state index contributed by atoms with van der Waals surface area (Å²) >= 11 is 5.02. The summed E-state index contributed by atoms with van der Waals surface area (Å²) in [6, 6.07) is 15.4. The Hall–Kier alpha value is -1.72. The smallest absolute Gasteiger partial charge is 0.254 e. The van der Waals surface area contributed by atoms with E-state index in [0.29, 0.717) is 5.56 Å². The summed E-state index contributed by atoms with van der Waals surface area (Å²) in [5, 5.41) is 0.953. The molecule has 3 aromatic rings. The molecule has 22 heavy (non-hydrogen) atoms. The zero-order valence-corrected chi connectivity index (χ0v) is 14.7. The van der Waals surface area contributed by atoms with Crippen LogP contribution in [0.15, 0.2) is 53.0 Å². The number of nitrogens with zero attached hydrogens (tertiary/aromatic N) is 2. The number of hydrogen-bond donors (Lipinski definition) is 0. The van der Waals surface area contributed by atoms with E-state index in [1.807, 2.05) is 56.4 Å². The maximum absolute atomic E-state index is 12.6. The molecule has 0 fully saturated rings. The van der Waals surface area contributed by atoms with Crippen molar-refractivity contribution in [2.24, 2.45) is 0 Å². The van der Waals surface area contributed by atoms with E-state index in [-0.39, 0.29) is 11.9 Å². The summed E-state index contributed by atoms with van der Waals surface area (Å²) < 4.78 is 2.11. The molecule has 1 aromatic heterocycles. The van der Waals surface area contributed by atoms with Crippen LogP contribution in [-0.4, -0.2) is 22.8 Å². The Morgan fingerprint density at radius 1 is 1.18 bits per heavy atom. The summed E-state index contributed by atoms with van der Waals surface area (Å²) in [7, 11) is 1.82. The van der Waals surface area contributed by atoms with Crippen molar-refractivity contribution in [2.45, 2.75) is 13.0 Å². The first kappa shape index (κ1) is 15.2. The Kier molecular flexibility index (Phi) is 4.27. The van der Waals surface area contributed by atoms with E-state index in [1.54, 1.807) is 16.2 Å². The SMILES string of the molecule is CC(c1nc2ccccc2s1)N(C)C(=O)c1ccc(Br)cc1. The van der Waals surface area contributed by atoms with Gasteiger partial charge in [0.1, 0.15) is 5.01 Å². The summed E-state index contributed by atoms with van der Waals surface area (Å²) in [4.78, 5) is 19.0. The van der Waals surface area contributed by atoms with Gasteiger partial charge >= 0.3 is 0 Å². The number of thiazole rings is 1. The zero-order valence-electron chi connectivity index (χ0n) is 12.3. The third kappa shape index (κ3) is 2.91. The van der Waals surface area contributed by atoms with Gasteiger partial charge in [0.2, 0.25) is 0 Å². The predicted octanol–water partition coefficient (Wildman–Crippen LogP) is 4.89. The van der Waals surface area contributed by atoms with Gasteiger partial charge < -0.3 is 4.90 Å². The molecule has 1 amide bonds. The summed E-state index contributed by atoms with van der Waals surface area (Å²) in [6.45, 7) is 2.01. The van der Waals surface area contributed by atoms with Gasteiger partial charge in [0, 0.05) is 17.1 Å². The van der Waals surface area contributed by atoms with Crippen LogP contribution in [-0.2, 0) is 0 Å². The first-order valence-electron chi connectivity index (χ1n) is 6.94. The maximum Gasteiger partial charge on any atom is 0.254 e. The molecule has 0 aliphatic carbocycles. The van der Waals surface area contributed by atoms with Crippen LogP contribution in [0.3, 0.4) is 0 Å². The van der Waals surface area contributed by atoms with E-state index in [0.717, 1.165) is 19.7 Å². The van der Waals surface area contributed by atoms with Gasteiger partial charge in [-0.1, -0.05) is 28.1 Å². The van der Waals surface area contributed by atoms with Crippen molar-refractivity contribution >= 4 is 43.4 Å². The van der Waals surface area contributed by atoms with E-state index in [4.69, 9.17) is 0 Å². The number of fused-ring (bicyclic) bond motifs is 1. The standard InChI is InChI=1S/C17H15BrN2OS/c1-11(16-19-14-5-3-4-6-15(14)22-16)20(2)17(21)12-7-9-13(18)10-8-12/h3-11H,1-2H3. The van der Waals surface area contributed by atoms with Gasteiger partial charge in [-0.05, 0) is 43.3 Å². The molecule has 5 heteroatoms. The average molecular weight is 375 g/mol. The molecule has 3 nitrogen and oxygen atoms in total. The fourth-order valence-corrected chi connectivity index (χ4v) is 3.53. The number of rotatable bonds is 3. The third-order valence-electron chi connectivity index (χ3n) is 3.66. The Labute approximate surface area is 141 Å². The lowest BCUT2D eigenvalue weighted by Crippen LogP contribution is -2.29. The Bertz CT molecular complexity index is 780. The number of carbonyl (C=O) groups is 1. The van der Waals surface area contributed by atoms with Gasteiger partial charge in [-0.15, -0.1) is 11.3 Å². The molecule has 0 saturated heterocycles. The van der Waals surface area contributed by atoms with Crippen molar-refractivity contribution < 1.29 is 4.79 Å². The van der Waals surface area contributed by atoms with Gasteiger partial charge in [-0.3, -0.25) is 4.79 Å². The second-order valence-electron chi connectivity index (χ2n) is 5.12. The molecule has 0 aliphatic rings. The van der Waals surface area contributed by atoms with E-state index in [1.165, 1.54) is 0 Å². The van der Waals surface area contributed by atoms with Crippen molar-refractivity contribution in [1.29, 1.82) is 0 Å². The fraction of sp³-hybridized carbons (Fsp3) is 0.176. The van der Waals surface area contributed by atoms with E-state index < -0.39 is 0 Å². The minimum atomic E-state index is -0.0615. The first-order valence-corrected chi connectivity index (χ1v) is 8.55. The van der Waals surface area contributed by atoms with Gasteiger partial charge in [0.15, 0.2) is 0 Å². The quantitative estimate of drug-likeness (QED) is 0.653. The first-order chi connectivity index (χ1) is 10.6. The number of carbonyl (C=O) groups excluding carboxylic acids is 1. The highest BCUT2D eigenvalue weighted by atomic mass is 79.9. The van der Waals surface area contributed by atoms with Crippen LogP contribution in [0.2, 0.25) is 0 Å². The molecule has 112 valence electrons. The van der Waals surface area contributed by atoms with Crippen molar-refractivity contribution in [3.05, 3.63) is 63.6 Å². The van der Waals surface area contributed by atoms with Gasteiger partial charge in [0.25, 0.3) is 5.91 Å². The number of aromatic nitrogens is 1. The van der Waals surface area contributed by atoms with Crippen molar-refractivity contribution in [3.8, 4) is 0 Å². The normalized spacial score (nSPS) is 12.3. The van der Waals surface area contributed by atoms with Crippen LogP contribution < -0.4 is 0 Å². The highest BCUT2D eigenvalue weighted by Gasteiger charge is 2.21. The van der Waals surface area contributed by atoms with E-state index in [2.05, 4.69) is 27.0 Å². The van der Waals surface area contributed by atoms with Crippen LogP contribution in [0.5, 0.6) is 0 Å². The summed E-state index contributed by atoms with van der Waals surface area (Å²) in [5.74, 6) is -0.000689. The molecular formula is C17H15BrN2OS. The number of hydrogen-bond acceptors (Lipinski definition) is 3. The lowest BCUT2D eigenvalue weighted by molar-refractivity contribution is 0.0742. The number of amides is 1. The van der Waals surface area contributed by atoms with Crippen molar-refractivity contribution in [3.63, 3.8) is 0 Å². The van der Waals surface area contributed by atoms with E-state index in [9.17, 15) is 4.79 Å². The Morgan fingerprint density at radius 3 is 2.55 bits per heavy atom. The van der Waals surface area contributed by atoms with Gasteiger partial charge in [-0.2, -0.15) is 0 Å². The Morgan fingerprint density at radius 2 is 1.86 bits per heavy atom. The molecule has 0 N–H and O–H groups in total. The fourth-order valence-electron chi connectivity index (χ4n) is 2.21. The molecular weight excluding hydrogens is 360 g/mol. The predicted molar refractivity (Wildman–Crippen MR) is 94.3 cm³/mol. The molecule has 2 aromatic carbocycles. The Balaban J connectivity index is 1.85. The van der Waals surface area contributed by atoms with Crippen LogP contribution in [0.4, 0.5) is 0 Å². The second kappa shape index (κ2) is 6.18. The molecule has 0 saturated carbocycles. The highest BCUT2D eigenvalue weighted by Crippen LogP contribution is 2.29. The average Bonchev–Trinajstić information content (AvgIpc) is 2.97. The molecule has 1 heterocycles. The summed E-state index contributed by atoms with van der Waals surface area (Å²) in [5.41, 5.74) is 1.66. The molecule has 0 radical (unpaired) electrons. The van der Waals surface area contributed by atoms with Crippen molar-refractivity contribution in [1.82, 2.24) is 9.88 Å². The number of para-hydroxylation sites is 1. The van der Waals surface area contributed by atoms with Gasteiger partial charge in [-0.25, -0.2) is 4.98 Å². The third-order valence-corrected chi connectivity index (χ3v) is 5.40. The molecule has 0 bridgehead atoms. The number of benzene rings is 2. The monoisotopic (exact) mass is 374 g/mol. The minimum Gasteiger partial charge on any atom is -0.333 e. The van der Waals surface area contributed by atoms with E-state index >= 15 is 0 Å². The molecule has 0 aliphatic heterocycles. The molecule has 3 rings (SSSR count). The topological polar surface area (TPSA) is 33.2 Å². The lowest BCUT2D eigenvalue weighted by Gasteiger charge is -2.23. The van der Waals surface area contributed by atoms with Crippen LogP contribution in [0, 0.1) is 0 Å². The second-order valence-corrected chi connectivity index (χ2v) is 7.10. The molecule has 1 atom stereocenters. The molecule has 0 spiro atoms. The summed E-state index contributed by atoms with van der Waals surface area (Å²) in [6.07, 6.45) is 0. The largest absolute Gasteiger partial charge is 0.333 e. The van der Waals surface area contributed by atoms with Crippen molar-refractivity contribution in [2.75, 3.05) is 7.05 Å². The van der Waals surface area contributed by atoms with Gasteiger partial charge in [0.05, 0.1) is 16.3 Å².